The van der Waals surface area contributed by atoms with E-state index in [1.54, 1.807) is 13.8 Å². The second-order valence-corrected chi connectivity index (χ2v) is 3.83. The van der Waals surface area contributed by atoms with Crippen LogP contribution in [0.1, 0.15) is 13.8 Å². The van der Waals surface area contributed by atoms with E-state index < -0.39 is 35.1 Å². The van der Waals surface area contributed by atoms with Crippen molar-refractivity contribution in [2.45, 2.75) is 13.8 Å². The zero-order valence-electron chi connectivity index (χ0n) is 11.8. The second kappa shape index (κ2) is 7.22. The van der Waals surface area contributed by atoms with Gasteiger partial charge in [0, 0.05) is 6.54 Å². The van der Waals surface area contributed by atoms with E-state index in [1.807, 2.05) is 0 Å². The Balaban J connectivity index is 3.25. The van der Waals surface area contributed by atoms with Crippen molar-refractivity contribution < 1.29 is 28.7 Å². The van der Waals surface area contributed by atoms with E-state index in [4.69, 9.17) is 9.47 Å². The second-order valence-electron chi connectivity index (χ2n) is 3.83. The molecule has 8 heteroatoms. The van der Waals surface area contributed by atoms with Crippen molar-refractivity contribution in [3.63, 3.8) is 0 Å². The lowest BCUT2D eigenvalue weighted by molar-refractivity contribution is -0.147. The Bertz CT molecular complexity index is 503. The van der Waals surface area contributed by atoms with Crippen molar-refractivity contribution >= 4 is 23.9 Å². The van der Waals surface area contributed by atoms with Crippen LogP contribution in [0.4, 0.5) is 4.79 Å². The van der Waals surface area contributed by atoms with Gasteiger partial charge in [-0.05, 0) is 13.8 Å². The molecule has 0 aromatic rings. The van der Waals surface area contributed by atoms with Crippen molar-refractivity contribution in [3.05, 3.63) is 23.9 Å². The van der Waals surface area contributed by atoms with E-state index >= 15 is 0 Å². The largest absolute Gasteiger partial charge is 0.462 e. The van der Waals surface area contributed by atoms with Crippen molar-refractivity contribution in [1.29, 1.82) is 0 Å². The first-order valence-corrected chi connectivity index (χ1v) is 6.30. The molecule has 0 unspecified atom stereocenters. The van der Waals surface area contributed by atoms with Crippen LogP contribution in [0, 0.1) is 0 Å². The number of ether oxygens (including phenoxy) is 2. The normalized spacial score (nSPS) is 13.8. The molecule has 1 aliphatic heterocycles. The fourth-order valence-electron chi connectivity index (χ4n) is 1.61. The zero-order chi connectivity index (χ0) is 16.0. The summed E-state index contributed by atoms with van der Waals surface area (Å²) in [6.07, 6.45) is 1.34. The molecule has 0 aromatic carbocycles. The number of amides is 3. The van der Waals surface area contributed by atoms with Crippen LogP contribution in [0.2, 0.25) is 0 Å². The third kappa shape index (κ3) is 3.47. The minimum absolute atomic E-state index is 0.00747. The quantitative estimate of drug-likeness (QED) is 0.186. The van der Waals surface area contributed by atoms with Crippen LogP contribution < -0.4 is 5.32 Å². The lowest BCUT2D eigenvalue weighted by Gasteiger charge is -2.09. The van der Waals surface area contributed by atoms with E-state index in [0.717, 1.165) is 4.90 Å². The number of nitrogens with one attached hydrogen (secondary N) is 1. The monoisotopic (exact) mass is 296 g/mol. The number of hydrogen-bond donors (Lipinski definition) is 1. The first kappa shape index (κ1) is 16.4. The van der Waals surface area contributed by atoms with Gasteiger partial charge in [-0.2, -0.15) is 0 Å². The summed E-state index contributed by atoms with van der Waals surface area (Å²) in [6, 6.07) is -0.749. The molecule has 3 amide bonds. The van der Waals surface area contributed by atoms with E-state index in [9.17, 15) is 19.2 Å². The van der Waals surface area contributed by atoms with Gasteiger partial charge in [-0.3, -0.25) is 9.69 Å². The number of hydrogen-bond acceptors (Lipinski definition) is 6. The van der Waals surface area contributed by atoms with E-state index in [0.29, 0.717) is 0 Å². The molecule has 0 saturated carbocycles. The van der Waals surface area contributed by atoms with Crippen LogP contribution in [0.3, 0.4) is 0 Å². The third-order valence-electron chi connectivity index (χ3n) is 2.46. The summed E-state index contributed by atoms with van der Waals surface area (Å²) in [5, 5.41) is 2.18. The SMILES string of the molecule is C=CCN1C(=O)NC(=C(C(=O)OCC)C(=O)OCC)C1=O. The fraction of sp³-hybridized carbons (Fsp3) is 0.385. The summed E-state index contributed by atoms with van der Waals surface area (Å²) in [4.78, 5) is 48.2. The summed E-state index contributed by atoms with van der Waals surface area (Å²) < 4.78 is 9.45. The van der Waals surface area contributed by atoms with Gasteiger partial charge in [-0.1, -0.05) is 6.08 Å². The van der Waals surface area contributed by atoms with E-state index in [2.05, 4.69) is 11.9 Å². The molecule has 21 heavy (non-hydrogen) atoms. The summed E-state index contributed by atoms with van der Waals surface area (Å²) in [5.74, 6) is -2.86. The summed E-state index contributed by atoms with van der Waals surface area (Å²) in [7, 11) is 0. The molecule has 1 heterocycles. The number of urea groups is 1. The zero-order valence-corrected chi connectivity index (χ0v) is 11.8. The average Bonchev–Trinajstić information content (AvgIpc) is 2.68. The highest BCUT2D eigenvalue weighted by Gasteiger charge is 2.40. The number of carbonyl (C=O) groups excluding carboxylic acids is 4. The molecule has 0 aliphatic carbocycles. The predicted octanol–water partition coefficient (Wildman–Crippen LogP) is 0.104. The summed E-state index contributed by atoms with van der Waals surface area (Å²) in [6.45, 7) is 6.48. The number of carbonyl (C=O) groups is 4. The van der Waals surface area contributed by atoms with Gasteiger partial charge in [0.15, 0.2) is 5.57 Å². The highest BCUT2D eigenvalue weighted by molar-refractivity contribution is 6.23. The Morgan fingerprint density at radius 1 is 1.19 bits per heavy atom. The number of rotatable bonds is 6. The topological polar surface area (TPSA) is 102 Å². The molecule has 0 bridgehead atoms. The molecule has 0 radical (unpaired) electrons. The Labute approximate surface area is 121 Å². The molecule has 0 atom stereocenters. The van der Waals surface area contributed by atoms with Gasteiger partial charge in [0.25, 0.3) is 5.91 Å². The molecule has 1 N–H and O–H groups in total. The Kier molecular flexibility index (Phi) is 5.65. The van der Waals surface area contributed by atoms with Crippen LogP contribution >= 0.6 is 0 Å². The highest BCUT2D eigenvalue weighted by atomic mass is 16.6. The van der Waals surface area contributed by atoms with Crippen LogP contribution in [-0.2, 0) is 23.9 Å². The maximum absolute atomic E-state index is 12.1. The Hall–Kier alpha value is -2.64. The van der Waals surface area contributed by atoms with Gasteiger partial charge < -0.3 is 14.8 Å². The highest BCUT2D eigenvalue weighted by Crippen LogP contribution is 2.16. The first-order valence-electron chi connectivity index (χ1n) is 6.30. The maximum atomic E-state index is 12.1. The van der Waals surface area contributed by atoms with E-state index in [1.165, 1.54) is 6.08 Å². The van der Waals surface area contributed by atoms with Crippen molar-refractivity contribution in [2.24, 2.45) is 0 Å². The van der Waals surface area contributed by atoms with Crippen molar-refractivity contribution in [2.75, 3.05) is 19.8 Å². The van der Waals surface area contributed by atoms with Crippen LogP contribution in [0.15, 0.2) is 23.9 Å². The lowest BCUT2D eigenvalue weighted by atomic mass is 10.2. The molecule has 1 fully saturated rings. The standard InChI is InChI=1S/C13H16N2O6/c1-4-7-15-10(16)9(14-13(15)19)8(11(17)20-5-2)12(18)21-6-3/h4H,1,5-7H2,2-3H3,(H,14,19). The molecule has 1 rings (SSSR count). The van der Waals surface area contributed by atoms with Gasteiger partial charge in [-0.25, -0.2) is 14.4 Å². The molecular weight excluding hydrogens is 280 g/mol. The third-order valence-corrected chi connectivity index (χ3v) is 2.46. The molecule has 114 valence electrons. The summed E-state index contributed by atoms with van der Waals surface area (Å²) >= 11 is 0. The Morgan fingerprint density at radius 2 is 1.71 bits per heavy atom. The fourth-order valence-corrected chi connectivity index (χ4v) is 1.61. The molecule has 1 saturated heterocycles. The van der Waals surface area contributed by atoms with Gasteiger partial charge in [0.1, 0.15) is 5.70 Å². The smallest absolute Gasteiger partial charge is 0.347 e. The number of esters is 2. The van der Waals surface area contributed by atoms with Gasteiger partial charge in [0.2, 0.25) is 0 Å². The molecular formula is C13H16N2O6. The van der Waals surface area contributed by atoms with Crippen LogP contribution in [0.25, 0.3) is 0 Å². The lowest BCUT2D eigenvalue weighted by Crippen LogP contribution is -2.30. The molecule has 8 nitrogen and oxygen atoms in total. The van der Waals surface area contributed by atoms with Crippen molar-refractivity contribution in [3.8, 4) is 0 Å². The van der Waals surface area contributed by atoms with Gasteiger partial charge in [0.05, 0.1) is 13.2 Å². The van der Waals surface area contributed by atoms with Crippen molar-refractivity contribution in [1.82, 2.24) is 10.2 Å². The van der Waals surface area contributed by atoms with Crippen LogP contribution in [-0.4, -0.2) is 48.5 Å². The number of nitrogens with zero attached hydrogens (tertiary/aromatic N) is 1. The molecule has 0 aromatic heterocycles. The predicted molar refractivity (Wildman–Crippen MR) is 70.7 cm³/mol. The van der Waals surface area contributed by atoms with E-state index in [-0.39, 0.29) is 19.8 Å². The van der Waals surface area contributed by atoms with Gasteiger partial charge in [-0.15, -0.1) is 6.58 Å². The molecule has 0 spiro atoms. The van der Waals surface area contributed by atoms with Crippen LogP contribution in [0.5, 0.6) is 0 Å². The minimum Gasteiger partial charge on any atom is -0.462 e. The maximum Gasteiger partial charge on any atom is 0.347 e. The number of imide groups is 1. The Morgan fingerprint density at radius 3 is 2.14 bits per heavy atom. The minimum atomic E-state index is -1.03. The summed E-state index contributed by atoms with van der Waals surface area (Å²) in [5.41, 5.74) is -1.07. The average molecular weight is 296 g/mol. The first-order chi connectivity index (χ1) is 9.97. The van der Waals surface area contributed by atoms with Gasteiger partial charge >= 0.3 is 18.0 Å². The molecule has 1 aliphatic rings.